The van der Waals surface area contributed by atoms with Crippen molar-refractivity contribution in [3.8, 4) is 0 Å². The summed E-state index contributed by atoms with van der Waals surface area (Å²) in [7, 11) is 0. The molecule has 0 amide bonds. The van der Waals surface area contributed by atoms with Crippen molar-refractivity contribution in [1.82, 2.24) is 15.2 Å². The molecule has 0 saturated carbocycles. The Kier molecular flexibility index (Phi) is 5.38. The van der Waals surface area contributed by atoms with Gasteiger partial charge in [-0.25, -0.2) is 4.79 Å². The summed E-state index contributed by atoms with van der Waals surface area (Å²) in [5.74, 6) is 0.587. The van der Waals surface area contributed by atoms with Gasteiger partial charge in [-0.1, -0.05) is 12.1 Å². The van der Waals surface area contributed by atoms with Crippen LogP contribution in [0.5, 0.6) is 0 Å². The van der Waals surface area contributed by atoms with Crippen LogP contribution in [0.25, 0.3) is 0 Å². The zero-order chi connectivity index (χ0) is 18.4. The van der Waals surface area contributed by atoms with E-state index in [1.165, 1.54) is 0 Å². The van der Waals surface area contributed by atoms with Crippen LogP contribution in [0.4, 0.5) is 23.1 Å². The van der Waals surface area contributed by atoms with E-state index in [9.17, 15) is 4.79 Å². The molecule has 7 nitrogen and oxygen atoms in total. The van der Waals surface area contributed by atoms with Gasteiger partial charge in [-0.2, -0.15) is 10.1 Å². The smallest absolute Gasteiger partial charge is 0.338 e. The number of aryl methyl sites for hydroxylation is 1. The van der Waals surface area contributed by atoms with E-state index >= 15 is 0 Å². The molecule has 3 aromatic rings. The molecule has 1 heterocycles. The minimum Gasteiger partial charge on any atom is -0.462 e. The molecule has 132 valence electrons. The molecule has 1 aromatic heterocycles. The van der Waals surface area contributed by atoms with Gasteiger partial charge in [-0.3, -0.25) is 0 Å². The fourth-order valence-electron chi connectivity index (χ4n) is 2.32. The van der Waals surface area contributed by atoms with Crippen molar-refractivity contribution in [2.24, 2.45) is 0 Å². The number of hydrogen-bond acceptors (Lipinski definition) is 7. The Hall–Kier alpha value is -3.48. The highest BCUT2D eigenvalue weighted by Gasteiger charge is 2.07. The summed E-state index contributed by atoms with van der Waals surface area (Å²) in [5, 5.41) is 14.2. The van der Waals surface area contributed by atoms with Gasteiger partial charge in [-0.15, -0.1) is 5.10 Å². The number of esters is 1. The van der Waals surface area contributed by atoms with Crippen LogP contribution in [-0.4, -0.2) is 27.8 Å². The van der Waals surface area contributed by atoms with Crippen molar-refractivity contribution in [3.05, 3.63) is 65.9 Å². The average Bonchev–Trinajstić information content (AvgIpc) is 2.63. The van der Waals surface area contributed by atoms with Gasteiger partial charge in [0.15, 0.2) is 5.82 Å². The van der Waals surface area contributed by atoms with Crippen LogP contribution < -0.4 is 10.6 Å². The van der Waals surface area contributed by atoms with Gasteiger partial charge in [0.25, 0.3) is 0 Å². The Bertz CT molecular complexity index is 896. The zero-order valence-corrected chi connectivity index (χ0v) is 14.6. The van der Waals surface area contributed by atoms with Gasteiger partial charge in [0.05, 0.1) is 18.4 Å². The van der Waals surface area contributed by atoms with Crippen LogP contribution in [0.2, 0.25) is 0 Å². The number of hydrogen-bond donors (Lipinski definition) is 2. The summed E-state index contributed by atoms with van der Waals surface area (Å²) >= 11 is 0. The lowest BCUT2D eigenvalue weighted by Crippen LogP contribution is -2.05. The number of carbonyl (C=O) groups excluding carboxylic acids is 1. The Morgan fingerprint density at radius 2 is 1.88 bits per heavy atom. The fourth-order valence-corrected chi connectivity index (χ4v) is 2.32. The minimum absolute atomic E-state index is 0.346. The van der Waals surface area contributed by atoms with Gasteiger partial charge in [-0.05, 0) is 55.8 Å². The maximum atomic E-state index is 11.7. The molecule has 0 aliphatic rings. The van der Waals surface area contributed by atoms with E-state index in [1.807, 2.05) is 31.2 Å². The third-order valence-electron chi connectivity index (χ3n) is 3.50. The molecule has 26 heavy (non-hydrogen) atoms. The topological polar surface area (TPSA) is 89.0 Å². The molecule has 0 spiro atoms. The maximum Gasteiger partial charge on any atom is 0.338 e. The molecule has 0 aliphatic heterocycles. The van der Waals surface area contributed by atoms with Crippen molar-refractivity contribution in [2.75, 3.05) is 17.2 Å². The highest BCUT2D eigenvalue weighted by molar-refractivity contribution is 5.89. The van der Waals surface area contributed by atoms with E-state index in [-0.39, 0.29) is 5.97 Å². The number of ether oxygens (including phenoxy) is 1. The quantitative estimate of drug-likeness (QED) is 0.653. The van der Waals surface area contributed by atoms with Gasteiger partial charge in [0.2, 0.25) is 5.95 Å². The van der Waals surface area contributed by atoms with Crippen molar-refractivity contribution >= 4 is 29.1 Å². The number of benzene rings is 2. The number of nitrogens with one attached hydrogen (secondary N) is 2. The SMILES string of the molecule is CCOC(=O)c1ccc(Nc2nncc(Nc3cccc(C)c3)n2)cc1. The predicted molar refractivity (Wildman–Crippen MR) is 100.0 cm³/mol. The Morgan fingerprint density at radius 1 is 1.08 bits per heavy atom. The zero-order valence-electron chi connectivity index (χ0n) is 14.6. The van der Waals surface area contributed by atoms with Crippen molar-refractivity contribution in [2.45, 2.75) is 13.8 Å². The van der Waals surface area contributed by atoms with Gasteiger partial charge in [0.1, 0.15) is 0 Å². The van der Waals surface area contributed by atoms with E-state index in [1.54, 1.807) is 37.4 Å². The molecule has 0 unspecified atom stereocenters. The lowest BCUT2D eigenvalue weighted by molar-refractivity contribution is 0.0526. The third-order valence-corrected chi connectivity index (χ3v) is 3.50. The fraction of sp³-hybridized carbons (Fsp3) is 0.158. The molecule has 0 bridgehead atoms. The van der Waals surface area contributed by atoms with E-state index in [0.717, 1.165) is 16.9 Å². The third kappa shape index (κ3) is 4.54. The van der Waals surface area contributed by atoms with E-state index in [4.69, 9.17) is 4.74 Å². The molecular weight excluding hydrogens is 330 g/mol. The second-order valence-electron chi connectivity index (χ2n) is 5.58. The molecule has 7 heteroatoms. The number of aromatic nitrogens is 3. The lowest BCUT2D eigenvalue weighted by atomic mass is 10.2. The van der Waals surface area contributed by atoms with Gasteiger partial charge in [0, 0.05) is 11.4 Å². The molecule has 0 saturated heterocycles. The Balaban J connectivity index is 1.69. The van der Waals surface area contributed by atoms with Crippen LogP contribution >= 0.6 is 0 Å². The molecule has 0 radical (unpaired) electrons. The Labute approximate surface area is 151 Å². The molecule has 3 rings (SSSR count). The summed E-state index contributed by atoms with van der Waals surface area (Å²) in [6, 6.07) is 14.9. The summed E-state index contributed by atoms with van der Waals surface area (Å²) in [4.78, 5) is 16.1. The first-order valence-electron chi connectivity index (χ1n) is 8.21. The van der Waals surface area contributed by atoms with Crippen LogP contribution in [-0.2, 0) is 4.74 Å². The molecular formula is C19H19N5O2. The molecule has 2 N–H and O–H groups in total. The molecule has 2 aromatic carbocycles. The van der Waals surface area contributed by atoms with Crippen molar-refractivity contribution < 1.29 is 9.53 Å². The van der Waals surface area contributed by atoms with E-state index < -0.39 is 0 Å². The Morgan fingerprint density at radius 3 is 2.62 bits per heavy atom. The van der Waals surface area contributed by atoms with Crippen LogP contribution in [0.3, 0.4) is 0 Å². The van der Waals surface area contributed by atoms with Crippen molar-refractivity contribution in [3.63, 3.8) is 0 Å². The number of anilines is 4. The van der Waals surface area contributed by atoms with Crippen LogP contribution in [0, 0.1) is 6.92 Å². The van der Waals surface area contributed by atoms with Crippen LogP contribution in [0.15, 0.2) is 54.7 Å². The first-order chi connectivity index (χ1) is 12.6. The first kappa shape index (κ1) is 17.3. The largest absolute Gasteiger partial charge is 0.462 e. The van der Waals surface area contributed by atoms with Gasteiger partial charge < -0.3 is 15.4 Å². The normalized spacial score (nSPS) is 10.2. The highest BCUT2D eigenvalue weighted by Crippen LogP contribution is 2.18. The summed E-state index contributed by atoms with van der Waals surface area (Å²) in [6.07, 6.45) is 1.55. The average molecular weight is 349 g/mol. The molecule has 0 fully saturated rings. The standard InChI is InChI=1S/C19H19N5O2/c1-3-26-18(25)14-7-9-15(10-8-14)22-19-23-17(12-20-24-19)21-16-6-4-5-13(2)11-16/h4-12H,3H2,1-2H3,(H2,21,22,23,24). The predicted octanol–water partition coefficient (Wildman–Crippen LogP) is 3.84. The summed E-state index contributed by atoms with van der Waals surface area (Å²) in [6.45, 7) is 4.14. The van der Waals surface area contributed by atoms with Gasteiger partial charge >= 0.3 is 5.97 Å². The number of nitrogens with zero attached hydrogens (tertiary/aromatic N) is 3. The molecule has 0 atom stereocenters. The van der Waals surface area contributed by atoms with E-state index in [0.29, 0.717) is 23.9 Å². The minimum atomic E-state index is -0.346. The monoisotopic (exact) mass is 349 g/mol. The molecule has 0 aliphatic carbocycles. The second kappa shape index (κ2) is 8.06. The van der Waals surface area contributed by atoms with Crippen LogP contribution in [0.1, 0.15) is 22.8 Å². The second-order valence-corrected chi connectivity index (χ2v) is 5.58. The number of carbonyl (C=O) groups is 1. The lowest BCUT2D eigenvalue weighted by Gasteiger charge is -2.08. The van der Waals surface area contributed by atoms with Crippen molar-refractivity contribution in [1.29, 1.82) is 0 Å². The number of rotatable bonds is 6. The maximum absolute atomic E-state index is 11.7. The summed E-state index contributed by atoms with van der Waals surface area (Å²) < 4.78 is 4.96. The first-order valence-corrected chi connectivity index (χ1v) is 8.21. The summed E-state index contributed by atoms with van der Waals surface area (Å²) in [5.41, 5.74) is 3.31. The van der Waals surface area contributed by atoms with E-state index in [2.05, 4.69) is 25.8 Å². The highest BCUT2D eigenvalue weighted by atomic mass is 16.5.